The van der Waals surface area contributed by atoms with Crippen LogP contribution < -0.4 is 4.90 Å². The van der Waals surface area contributed by atoms with Gasteiger partial charge in [-0.3, -0.25) is 0 Å². The van der Waals surface area contributed by atoms with Crippen LogP contribution in [0.2, 0.25) is 0 Å². The maximum Gasteiger partial charge on any atom is 0.255 e. The first-order valence-electron chi connectivity index (χ1n) is 6.46. The van der Waals surface area contributed by atoms with Crippen LogP contribution in [-0.4, -0.2) is 40.0 Å². The summed E-state index contributed by atoms with van der Waals surface area (Å²) in [6.07, 6.45) is 0.839. The zero-order chi connectivity index (χ0) is 14.7. The Bertz CT molecular complexity index is 570. The Hall–Kier alpha value is -1.43. The maximum atomic E-state index is 12.7. The van der Waals surface area contributed by atoms with Gasteiger partial charge in [0.2, 0.25) is 0 Å². The highest BCUT2D eigenvalue weighted by molar-refractivity contribution is 6.18. The molecule has 0 amide bonds. The van der Waals surface area contributed by atoms with Crippen molar-refractivity contribution in [1.82, 2.24) is 14.6 Å². The summed E-state index contributed by atoms with van der Waals surface area (Å²) in [7, 11) is 0. The van der Waals surface area contributed by atoms with Gasteiger partial charge in [-0.25, -0.2) is 18.3 Å². The molecule has 0 radical (unpaired) electrons. The Kier molecular flexibility index (Phi) is 4.75. The molecule has 0 unspecified atom stereocenters. The van der Waals surface area contributed by atoms with Gasteiger partial charge in [0.15, 0.2) is 5.82 Å². The van der Waals surface area contributed by atoms with Gasteiger partial charge in [-0.2, -0.15) is 5.10 Å². The molecule has 2 rings (SSSR count). The van der Waals surface area contributed by atoms with E-state index >= 15 is 0 Å². The van der Waals surface area contributed by atoms with Gasteiger partial charge in [-0.15, -0.1) is 11.6 Å². The minimum atomic E-state index is -2.44. The molecule has 0 N–H and O–H groups in total. The fraction of sp³-hybridized carbons (Fsp3) is 0.538. The van der Waals surface area contributed by atoms with E-state index in [2.05, 4.69) is 10.1 Å². The van der Waals surface area contributed by atoms with Crippen molar-refractivity contribution in [1.29, 1.82) is 0 Å². The number of hydrogen-bond donors (Lipinski definition) is 0. The van der Waals surface area contributed by atoms with E-state index in [9.17, 15) is 8.78 Å². The molecular formula is C13H17ClF2N4. The van der Waals surface area contributed by atoms with Gasteiger partial charge in [0.05, 0.1) is 12.2 Å². The predicted octanol–water partition coefficient (Wildman–Crippen LogP) is 3.16. The molecule has 0 saturated heterocycles. The summed E-state index contributed by atoms with van der Waals surface area (Å²) in [6, 6.07) is 1.89. The quantitative estimate of drug-likeness (QED) is 0.769. The van der Waals surface area contributed by atoms with Crippen LogP contribution in [0.1, 0.15) is 25.5 Å². The summed E-state index contributed by atoms with van der Waals surface area (Å²) in [5.74, 6) is 1.02. The van der Waals surface area contributed by atoms with Crippen molar-refractivity contribution in [3.05, 3.63) is 24.2 Å². The van der Waals surface area contributed by atoms with Crippen LogP contribution in [0.25, 0.3) is 5.52 Å². The lowest BCUT2D eigenvalue weighted by Crippen LogP contribution is -2.31. The molecule has 2 heterocycles. The first-order chi connectivity index (χ1) is 9.52. The molecule has 0 aliphatic rings. The molecule has 20 heavy (non-hydrogen) atoms. The predicted molar refractivity (Wildman–Crippen MR) is 76.0 cm³/mol. The second kappa shape index (κ2) is 6.35. The normalized spacial score (nSPS) is 11.8. The lowest BCUT2D eigenvalue weighted by Gasteiger charge is -2.22. The molecule has 0 saturated carbocycles. The summed E-state index contributed by atoms with van der Waals surface area (Å²) in [6.45, 7) is 4.00. The molecular weight excluding hydrogens is 286 g/mol. The number of anilines is 1. The first kappa shape index (κ1) is 15.0. The molecule has 0 atom stereocenters. The molecule has 0 aromatic carbocycles. The van der Waals surface area contributed by atoms with Crippen molar-refractivity contribution in [2.45, 2.75) is 26.2 Å². The highest BCUT2D eigenvalue weighted by atomic mass is 35.5. The van der Waals surface area contributed by atoms with Crippen LogP contribution in [0.5, 0.6) is 0 Å². The van der Waals surface area contributed by atoms with Crippen molar-refractivity contribution in [3.63, 3.8) is 0 Å². The Morgan fingerprint density at radius 2 is 2.15 bits per heavy atom. The smallest absolute Gasteiger partial charge is 0.255 e. The van der Waals surface area contributed by atoms with Crippen LogP contribution in [-0.2, 0) is 0 Å². The van der Waals surface area contributed by atoms with Crippen LogP contribution in [0.4, 0.5) is 14.6 Å². The Morgan fingerprint density at radius 1 is 1.40 bits per heavy atom. The van der Waals surface area contributed by atoms with E-state index in [1.165, 1.54) is 4.90 Å². The van der Waals surface area contributed by atoms with E-state index in [-0.39, 0.29) is 18.3 Å². The molecule has 110 valence electrons. The van der Waals surface area contributed by atoms with Crippen molar-refractivity contribution in [3.8, 4) is 0 Å². The van der Waals surface area contributed by atoms with E-state index < -0.39 is 6.43 Å². The van der Waals surface area contributed by atoms with Crippen LogP contribution in [0.3, 0.4) is 0 Å². The van der Waals surface area contributed by atoms with Gasteiger partial charge < -0.3 is 4.90 Å². The second-order valence-corrected chi connectivity index (χ2v) is 5.21. The van der Waals surface area contributed by atoms with Gasteiger partial charge in [-0.1, -0.05) is 13.8 Å². The largest absolute Gasteiger partial charge is 0.348 e. The third-order valence-electron chi connectivity index (χ3n) is 2.99. The average molecular weight is 303 g/mol. The zero-order valence-electron chi connectivity index (χ0n) is 11.4. The SMILES string of the molecule is CC(C)c1cc2c(N(CCCl)CC(F)F)nccn2n1. The topological polar surface area (TPSA) is 33.4 Å². The summed E-state index contributed by atoms with van der Waals surface area (Å²) in [5, 5.41) is 4.42. The highest BCUT2D eigenvalue weighted by Crippen LogP contribution is 2.23. The first-order valence-corrected chi connectivity index (χ1v) is 6.99. The Balaban J connectivity index is 2.45. The summed E-state index contributed by atoms with van der Waals surface area (Å²) >= 11 is 5.70. The number of nitrogens with zero attached hydrogens (tertiary/aromatic N) is 4. The van der Waals surface area contributed by atoms with E-state index in [0.29, 0.717) is 12.4 Å². The molecule has 4 nitrogen and oxygen atoms in total. The third kappa shape index (κ3) is 3.17. The number of fused-ring (bicyclic) bond motifs is 1. The number of rotatable bonds is 6. The summed E-state index contributed by atoms with van der Waals surface area (Å²) < 4.78 is 27.1. The molecule has 0 spiro atoms. The molecule has 7 heteroatoms. The van der Waals surface area contributed by atoms with Crippen molar-refractivity contribution in [2.24, 2.45) is 0 Å². The van der Waals surface area contributed by atoms with E-state index in [1.54, 1.807) is 16.9 Å². The van der Waals surface area contributed by atoms with E-state index in [1.807, 2.05) is 19.9 Å². The fourth-order valence-electron chi connectivity index (χ4n) is 2.01. The van der Waals surface area contributed by atoms with Gasteiger partial charge >= 0.3 is 0 Å². The lowest BCUT2D eigenvalue weighted by molar-refractivity contribution is 0.155. The average Bonchev–Trinajstić information content (AvgIpc) is 2.81. The number of alkyl halides is 3. The molecule has 0 aliphatic carbocycles. The lowest BCUT2D eigenvalue weighted by atomic mass is 10.1. The molecule has 2 aromatic rings. The molecule has 2 aromatic heterocycles. The monoisotopic (exact) mass is 302 g/mol. The van der Waals surface area contributed by atoms with Crippen LogP contribution in [0, 0.1) is 0 Å². The van der Waals surface area contributed by atoms with Crippen LogP contribution in [0.15, 0.2) is 18.5 Å². The number of hydrogen-bond acceptors (Lipinski definition) is 3. The number of aromatic nitrogens is 3. The Morgan fingerprint density at radius 3 is 2.75 bits per heavy atom. The van der Waals surface area contributed by atoms with E-state index in [4.69, 9.17) is 11.6 Å². The van der Waals surface area contributed by atoms with Crippen molar-refractivity contribution >= 4 is 22.9 Å². The third-order valence-corrected chi connectivity index (χ3v) is 3.16. The van der Waals surface area contributed by atoms with Gasteiger partial charge in [-0.05, 0) is 12.0 Å². The molecule has 0 bridgehead atoms. The summed E-state index contributed by atoms with van der Waals surface area (Å²) in [5.41, 5.74) is 1.63. The standard InChI is InChI=1S/C13H17ClF2N4/c1-9(2)10-7-11-13(17-4-6-20(11)18-10)19(5-3-14)8-12(15)16/h4,6-7,9,12H,3,5,8H2,1-2H3. The molecule has 0 fully saturated rings. The van der Waals surface area contributed by atoms with Crippen molar-refractivity contribution in [2.75, 3.05) is 23.9 Å². The molecule has 0 aliphatic heterocycles. The van der Waals surface area contributed by atoms with Crippen molar-refractivity contribution < 1.29 is 8.78 Å². The van der Waals surface area contributed by atoms with Gasteiger partial charge in [0.1, 0.15) is 5.52 Å². The van der Waals surface area contributed by atoms with Crippen LogP contribution >= 0.6 is 11.6 Å². The maximum absolute atomic E-state index is 12.7. The minimum absolute atomic E-state index is 0.263. The second-order valence-electron chi connectivity index (χ2n) is 4.83. The zero-order valence-corrected chi connectivity index (χ0v) is 12.2. The number of halogens is 3. The summed E-state index contributed by atoms with van der Waals surface area (Å²) in [4.78, 5) is 5.72. The fourth-order valence-corrected chi connectivity index (χ4v) is 2.21. The Labute approximate surface area is 121 Å². The van der Waals surface area contributed by atoms with E-state index in [0.717, 1.165) is 11.2 Å². The minimum Gasteiger partial charge on any atom is -0.348 e. The highest BCUT2D eigenvalue weighted by Gasteiger charge is 2.18. The van der Waals surface area contributed by atoms with Gasteiger partial charge in [0, 0.05) is 24.8 Å². The van der Waals surface area contributed by atoms with Gasteiger partial charge in [0.25, 0.3) is 6.43 Å².